The van der Waals surface area contributed by atoms with E-state index in [2.05, 4.69) is 24.0 Å². The van der Waals surface area contributed by atoms with Crippen LogP contribution < -0.4 is 0 Å². The van der Waals surface area contributed by atoms with Gasteiger partial charge in [-0.1, -0.05) is 13.8 Å². The largest absolute Gasteiger partial charge is 0.282 e. The molecule has 1 unspecified atom stereocenters. The molecule has 0 spiro atoms. The van der Waals surface area contributed by atoms with Crippen molar-refractivity contribution in [3.8, 4) is 0 Å². The molecular weight excluding hydrogens is 148 g/mol. The summed E-state index contributed by atoms with van der Waals surface area (Å²) in [6.07, 6.45) is 5.86. The van der Waals surface area contributed by atoms with Crippen LogP contribution >= 0.6 is 0 Å². The fourth-order valence-corrected chi connectivity index (χ4v) is 2.16. The summed E-state index contributed by atoms with van der Waals surface area (Å²) < 4.78 is 0. The van der Waals surface area contributed by atoms with Gasteiger partial charge in [0.15, 0.2) is 0 Å². The molecule has 0 aliphatic heterocycles. The molecule has 12 heavy (non-hydrogen) atoms. The average Bonchev–Trinajstić information content (AvgIpc) is 2.49. The van der Waals surface area contributed by atoms with Crippen molar-refractivity contribution in [2.45, 2.75) is 39.0 Å². The van der Waals surface area contributed by atoms with Gasteiger partial charge in [-0.2, -0.15) is 5.10 Å². The summed E-state index contributed by atoms with van der Waals surface area (Å²) in [6, 6.07) is 0. The monoisotopic (exact) mass is 164 g/mol. The quantitative estimate of drug-likeness (QED) is 0.678. The third-order valence-corrected chi connectivity index (χ3v) is 2.89. The first-order valence-electron chi connectivity index (χ1n) is 4.81. The van der Waals surface area contributed by atoms with Crippen LogP contribution in [0.4, 0.5) is 0 Å². The van der Waals surface area contributed by atoms with Gasteiger partial charge in [-0.05, 0) is 30.7 Å². The molecule has 1 aliphatic rings. The van der Waals surface area contributed by atoms with Gasteiger partial charge in [0.2, 0.25) is 0 Å². The second-order valence-corrected chi connectivity index (χ2v) is 4.05. The second-order valence-electron chi connectivity index (χ2n) is 4.05. The number of nitrogens with one attached hydrogen (secondary N) is 1. The summed E-state index contributed by atoms with van der Waals surface area (Å²) in [4.78, 5) is 0. The van der Waals surface area contributed by atoms with Crippen LogP contribution in [0.2, 0.25) is 0 Å². The van der Waals surface area contributed by atoms with E-state index in [-0.39, 0.29) is 0 Å². The van der Waals surface area contributed by atoms with Crippen molar-refractivity contribution in [1.29, 1.82) is 0 Å². The Labute approximate surface area is 73.4 Å². The van der Waals surface area contributed by atoms with Crippen LogP contribution in [0, 0.1) is 5.92 Å². The predicted octanol–water partition coefficient (Wildman–Crippen LogP) is 2.49. The second kappa shape index (κ2) is 2.92. The molecule has 1 N–H and O–H groups in total. The van der Waals surface area contributed by atoms with Crippen molar-refractivity contribution in [2.75, 3.05) is 0 Å². The number of aromatic amines is 1. The minimum Gasteiger partial charge on any atom is -0.282 e. The Morgan fingerprint density at radius 1 is 1.58 bits per heavy atom. The molecule has 1 heterocycles. The zero-order chi connectivity index (χ0) is 8.55. The van der Waals surface area contributed by atoms with Gasteiger partial charge in [0.05, 0.1) is 6.20 Å². The molecule has 66 valence electrons. The molecule has 1 aliphatic carbocycles. The van der Waals surface area contributed by atoms with Gasteiger partial charge in [0, 0.05) is 11.6 Å². The van der Waals surface area contributed by atoms with E-state index < -0.39 is 0 Å². The van der Waals surface area contributed by atoms with Crippen molar-refractivity contribution in [2.24, 2.45) is 5.92 Å². The van der Waals surface area contributed by atoms with Crippen LogP contribution in [0.25, 0.3) is 0 Å². The number of aryl methyl sites for hydroxylation is 1. The SMILES string of the molecule is CC(C)C1CCCc2cn[nH]c21. The summed E-state index contributed by atoms with van der Waals surface area (Å²) in [5, 5.41) is 7.25. The lowest BCUT2D eigenvalue weighted by Crippen LogP contribution is -2.14. The topological polar surface area (TPSA) is 28.7 Å². The Balaban J connectivity index is 2.31. The Bertz CT molecular complexity index is 263. The summed E-state index contributed by atoms with van der Waals surface area (Å²) in [6.45, 7) is 4.58. The standard InChI is InChI=1S/C10H16N2/c1-7(2)9-5-3-4-8-6-11-12-10(8)9/h6-7,9H,3-5H2,1-2H3,(H,11,12). The molecule has 0 saturated carbocycles. The van der Waals surface area contributed by atoms with Crippen molar-refractivity contribution < 1.29 is 0 Å². The van der Waals surface area contributed by atoms with Crippen LogP contribution in [-0.2, 0) is 6.42 Å². The van der Waals surface area contributed by atoms with Crippen LogP contribution in [0.5, 0.6) is 0 Å². The van der Waals surface area contributed by atoms with E-state index in [9.17, 15) is 0 Å². The number of H-pyrrole nitrogens is 1. The molecule has 2 heteroatoms. The van der Waals surface area contributed by atoms with Crippen molar-refractivity contribution >= 4 is 0 Å². The van der Waals surface area contributed by atoms with E-state index in [1.807, 2.05) is 6.20 Å². The van der Waals surface area contributed by atoms with Gasteiger partial charge in [0.25, 0.3) is 0 Å². The molecule has 0 amide bonds. The summed E-state index contributed by atoms with van der Waals surface area (Å²) in [7, 11) is 0. The summed E-state index contributed by atoms with van der Waals surface area (Å²) in [5.74, 6) is 1.46. The normalized spacial score (nSPS) is 22.8. The highest BCUT2D eigenvalue weighted by Crippen LogP contribution is 2.34. The Hall–Kier alpha value is -0.790. The van der Waals surface area contributed by atoms with Gasteiger partial charge >= 0.3 is 0 Å². The zero-order valence-corrected chi connectivity index (χ0v) is 7.80. The highest BCUT2D eigenvalue weighted by Gasteiger charge is 2.24. The van der Waals surface area contributed by atoms with E-state index in [0.29, 0.717) is 0 Å². The minimum absolute atomic E-state index is 0.719. The van der Waals surface area contributed by atoms with Gasteiger partial charge in [-0.3, -0.25) is 5.10 Å². The number of hydrogen-bond donors (Lipinski definition) is 1. The molecule has 0 bridgehead atoms. The van der Waals surface area contributed by atoms with Crippen molar-refractivity contribution in [1.82, 2.24) is 10.2 Å². The molecule has 0 saturated heterocycles. The molecule has 0 aromatic carbocycles. The summed E-state index contributed by atoms with van der Waals surface area (Å²) in [5.41, 5.74) is 2.84. The molecule has 2 nitrogen and oxygen atoms in total. The number of fused-ring (bicyclic) bond motifs is 1. The van der Waals surface area contributed by atoms with E-state index in [1.54, 1.807) is 0 Å². The first-order chi connectivity index (χ1) is 5.79. The minimum atomic E-state index is 0.719. The van der Waals surface area contributed by atoms with Crippen LogP contribution in [-0.4, -0.2) is 10.2 Å². The number of rotatable bonds is 1. The molecule has 2 rings (SSSR count). The Morgan fingerprint density at radius 2 is 2.42 bits per heavy atom. The third-order valence-electron chi connectivity index (χ3n) is 2.89. The van der Waals surface area contributed by atoms with Gasteiger partial charge in [-0.25, -0.2) is 0 Å². The lowest BCUT2D eigenvalue weighted by atomic mass is 9.81. The third kappa shape index (κ3) is 1.15. The Kier molecular flexibility index (Phi) is 1.91. The lowest BCUT2D eigenvalue weighted by molar-refractivity contribution is 0.425. The van der Waals surface area contributed by atoms with E-state index in [4.69, 9.17) is 0 Å². The highest BCUT2D eigenvalue weighted by atomic mass is 15.1. The fraction of sp³-hybridized carbons (Fsp3) is 0.700. The molecule has 1 atom stereocenters. The van der Waals surface area contributed by atoms with E-state index >= 15 is 0 Å². The van der Waals surface area contributed by atoms with Crippen LogP contribution in [0.1, 0.15) is 43.9 Å². The predicted molar refractivity (Wildman–Crippen MR) is 49.1 cm³/mol. The smallest absolute Gasteiger partial charge is 0.0522 e. The van der Waals surface area contributed by atoms with E-state index in [1.165, 1.54) is 30.5 Å². The first-order valence-corrected chi connectivity index (χ1v) is 4.81. The molecular formula is C10H16N2. The molecule has 1 aromatic heterocycles. The number of nitrogens with zero attached hydrogens (tertiary/aromatic N) is 1. The maximum absolute atomic E-state index is 4.11. The van der Waals surface area contributed by atoms with Crippen LogP contribution in [0.15, 0.2) is 6.20 Å². The number of aromatic nitrogens is 2. The zero-order valence-electron chi connectivity index (χ0n) is 7.80. The maximum Gasteiger partial charge on any atom is 0.0522 e. The van der Waals surface area contributed by atoms with E-state index in [0.717, 1.165) is 11.8 Å². The lowest BCUT2D eigenvalue weighted by Gasteiger charge is -2.24. The first kappa shape index (κ1) is 7.84. The van der Waals surface area contributed by atoms with Gasteiger partial charge < -0.3 is 0 Å². The van der Waals surface area contributed by atoms with Gasteiger partial charge in [0.1, 0.15) is 0 Å². The Morgan fingerprint density at radius 3 is 3.17 bits per heavy atom. The molecule has 0 fully saturated rings. The molecule has 0 radical (unpaired) electrons. The average molecular weight is 164 g/mol. The fourth-order valence-electron chi connectivity index (χ4n) is 2.16. The van der Waals surface area contributed by atoms with Crippen LogP contribution in [0.3, 0.4) is 0 Å². The van der Waals surface area contributed by atoms with Crippen molar-refractivity contribution in [3.05, 3.63) is 17.5 Å². The van der Waals surface area contributed by atoms with Gasteiger partial charge in [-0.15, -0.1) is 0 Å². The number of hydrogen-bond acceptors (Lipinski definition) is 1. The maximum atomic E-state index is 4.11. The highest BCUT2D eigenvalue weighted by molar-refractivity contribution is 5.23. The molecule has 1 aromatic rings. The summed E-state index contributed by atoms with van der Waals surface area (Å²) >= 11 is 0. The van der Waals surface area contributed by atoms with Crippen molar-refractivity contribution in [3.63, 3.8) is 0 Å².